The fourth-order valence-corrected chi connectivity index (χ4v) is 1.69. The Kier molecular flexibility index (Phi) is 7.46. The van der Waals surface area contributed by atoms with Crippen molar-refractivity contribution in [1.82, 2.24) is 0 Å². The summed E-state index contributed by atoms with van der Waals surface area (Å²) in [7, 11) is 1.67. The van der Waals surface area contributed by atoms with Gasteiger partial charge >= 0.3 is 0 Å². The molecule has 112 valence electrons. The van der Waals surface area contributed by atoms with Gasteiger partial charge in [0, 0.05) is 25.9 Å². The summed E-state index contributed by atoms with van der Waals surface area (Å²) in [5.41, 5.74) is 7.13. The number of hydrogen-bond acceptors (Lipinski definition) is 5. The molecule has 0 aliphatic heterocycles. The molecule has 0 radical (unpaired) electrons. The van der Waals surface area contributed by atoms with Crippen LogP contribution >= 0.6 is 0 Å². The molecule has 3 N–H and O–H groups in total. The molecule has 0 aliphatic rings. The van der Waals surface area contributed by atoms with Crippen LogP contribution in [0.15, 0.2) is 23.4 Å². The minimum absolute atomic E-state index is 0.0931. The smallest absolute Gasteiger partial charge is 0.170 e. The molecule has 0 fully saturated rings. The van der Waals surface area contributed by atoms with Gasteiger partial charge < -0.3 is 25.2 Å². The number of amidine groups is 1. The van der Waals surface area contributed by atoms with Crippen molar-refractivity contribution < 1.29 is 19.4 Å². The zero-order chi connectivity index (χ0) is 14.8. The molecule has 20 heavy (non-hydrogen) atoms. The molecule has 6 nitrogen and oxygen atoms in total. The molecule has 0 saturated carbocycles. The van der Waals surface area contributed by atoms with Gasteiger partial charge in [0.25, 0.3) is 0 Å². The SMILES string of the molecule is COCCCOCCOc1ccc(/C(N)=N/O)c(C)c1. The molecule has 0 spiro atoms. The van der Waals surface area contributed by atoms with Gasteiger partial charge in [-0.05, 0) is 37.1 Å². The van der Waals surface area contributed by atoms with Gasteiger partial charge in [-0.3, -0.25) is 0 Å². The maximum atomic E-state index is 8.65. The van der Waals surface area contributed by atoms with Crippen LogP contribution in [0.25, 0.3) is 0 Å². The van der Waals surface area contributed by atoms with E-state index in [0.29, 0.717) is 32.0 Å². The summed E-state index contributed by atoms with van der Waals surface area (Å²) in [6.45, 7) is 4.26. The molecule has 0 heterocycles. The third kappa shape index (κ3) is 5.46. The number of aryl methyl sites for hydroxylation is 1. The van der Waals surface area contributed by atoms with Gasteiger partial charge in [-0.2, -0.15) is 0 Å². The van der Waals surface area contributed by atoms with Crippen molar-refractivity contribution in [3.8, 4) is 5.75 Å². The average molecular weight is 282 g/mol. The quantitative estimate of drug-likeness (QED) is 0.236. The summed E-state index contributed by atoms with van der Waals surface area (Å²) >= 11 is 0. The topological polar surface area (TPSA) is 86.3 Å². The van der Waals surface area contributed by atoms with Crippen LogP contribution in [0.2, 0.25) is 0 Å². The second kappa shape index (κ2) is 9.17. The van der Waals surface area contributed by atoms with Crippen molar-refractivity contribution in [3.05, 3.63) is 29.3 Å². The second-order valence-corrected chi connectivity index (χ2v) is 4.27. The van der Waals surface area contributed by atoms with Crippen molar-refractivity contribution in [1.29, 1.82) is 0 Å². The van der Waals surface area contributed by atoms with Crippen molar-refractivity contribution in [3.63, 3.8) is 0 Å². The molecule has 0 aliphatic carbocycles. The number of hydrogen-bond donors (Lipinski definition) is 2. The highest BCUT2D eigenvalue weighted by Gasteiger charge is 2.05. The van der Waals surface area contributed by atoms with Crippen LogP contribution in [-0.4, -0.2) is 44.6 Å². The van der Waals surface area contributed by atoms with E-state index in [4.69, 9.17) is 25.2 Å². The highest BCUT2D eigenvalue weighted by atomic mass is 16.5. The normalized spacial score (nSPS) is 11.6. The fraction of sp³-hybridized carbons (Fsp3) is 0.500. The summed E-state index contributed by atoms with van der Waals surface area (Å²) in [4.78, 5) is 0. The number of methoxy groups -OCH3 is 1. The Labute approximate surface area is 119 Å². The molecular formula is C14H22N2O4. The molecule has 1 aromatic rings. The van der Waals surface area contributed by atoms with Crippen molar-refractivity contribution in [2.24, 2.45) is 10.9 Å². The molecule has 1 aromatic carbocycles. The summed E-state index contributed by atoms with van der Waals surface area (Å²) in [6.07, 6.45) is 0.879. The van der Waals surface area contributed by atoms with E-state index in [2.05, 4.69) is 5.16 Å². The first-order chi connectivity index (χ1) is 9.69. The standard InChI is InChI=1S/C14H22N2O4/c1-11-10-12(4-5-13(11)14(15)16-17)20-9-8-19-7-3-6-18-2/h4-5,10,17H,3,6-9H2,1-2H3,(H2,15,16). The number of nitrogens with two attached hydrogens (primary N) is 1. The van der Waals surface area contributed by atoms with E-state index in [1.807, 2.05) is 13.0 Å². The van der Waals surface area contributed by atoms with Gasteiger partial charge in [0.2, 0.25) is 0 Å². The highest BCUT2D eigenvalue weighted by Crippen LogP contribution is 2.17. The highest BCUT2D eigenvalue weighted by molar-refractivity contribution is 5.98. The Hall–Kier alpha value is -1.79. The minimum Gasteiger partial charge on any atom is -0.491 e. The Morgan fingerprint density at radius 2 is 2.05 bits per heavy atom. The van der Waals surface area contributed by atoms with E-state index >= 15 is 0 Å². The minimum atomic E-state index is 0.0931. The van der Waals surface area contributed by atoms with Crippen LogP contribution in [0, 0.1) is 6.92 Å². The fourth-order valence-electron chi connectivity index (χ4n) is 1.69. The maximum Gasteiger partial charge on any atom is 0.170 e. The van der Waals surface area contributed by atoms with E-state index in [1.165, 1.54) is 0 Å². The summed E-state index contributed by atoms with van der Waals surface area (Å²) < 4.78 is 15.9. The molecule has 1 rings (SSSR count). The largest absolute Gasteiger partial charge is 0.491 e. The first-order valence-corrected chi connectivity index (χ1v) is 6.47. The van der Waals surface area contributed by atoms with Gasteiger partial charge in [-0.15, -0.1) is 0 Å². The lowest BCUT2D eigenvalue weighted by Gasteiger charge is -2.10. The number of benzene rings is 1. The number of nitrogens with zero attached hydrogens (tertiary/aromatic N) is 1. The van der Waals surface area contributed by atoms with E-state index in [1.54, 1.807) is 19.2 Å². The summed E-state index contributed by atoms with van der Waals surface area (Å²) in [5, 5.41) is 11.6. The Bertz CT molecular complexity index is 435. The third-order valence-electron chi connectivity index (χ3n) is 2.72. The molecule has 0 amide bonds. The monoisotopic (exact) mass is 282 g/mol. The van der Waals surface area contributed by atoms with Crippen molar-refractivity contribution >= 4 is 5.84 Å². The van der Waals surface area contributed by atoms with Crippen LogP contribution in [-0.2, 0) is 9.47 Å². The predicted molar refractivity (Wildman–Crippen MR) is 76.5 cm³/mol. The van der Waals surface area contributed by atoms with Crippen LogP contribution in [0.4, 0.5) is 0 Å². The summed E-state index contributed by atoms with van der Waals surface area (Å²) in [5.74, 6) is 0.827. The Balaban J connectivity index is 2.33. The average Bonchev–Trinajstić information content (AvgIpc) is 2.45. The van der Waals surface area contributed by atoms with E-state index in [9.17, 15) is 0 Å². The predicted octanol–water partition coefficient (Wildman–Crippen LogP) is 1.52. The van der Waals surface area contributed by atoms with E-state index in [-0.39, 0.29) is 5.84 Å². The first kappa shape index (κ1) is 16.3. The lowest BCUT2D eigenvalue weighted by Crippen LogP contribution is -2.14. The molecule has 0 bridgehead atoms. The number of oxime groups is 1. The van der Waals surface area contributed by atoms with Gasteiger partial charge in [-0.25, -0.2) is 0 Å². The maximum absolute atomic E-state index is 8.65. The van der Waals surface area contributed by atoms with Gasteiger partial charge in [0.1, 0.15) is 12.4 Å². The number of ether oxygens (including phenoxy) is 3. The molecule has 6 heteroatoms. The Morgan fingerprint density at radius 3 is 2.70 bits per heavy atom. The van der Waals surface area contributed by atoms with Gasteiger partial charge in [0.05, 0.1) is 6.61 Å². The zero-order valence-corrected chi connectivity index (χ0v) is 12.0. The second-order valence-electron chi connectivity index (χ2n) is 4.27. The van der Waals surface area contributed by atoms with Crippen LogP contribution < -0.4 is 10.5 Å². The first-order valence-electron chi connectivity index (χ1n) is 6.47. The van der Waals surface area contributed by atoms with Crippen molar-refractivity contribution in [2.75, 3.05) is 33.5 Å². The van der Waals surface area contributed by atoms with Crippen molar-refractivity contribution in [2.45, 2.75) is 13.3 Å². The zero-order valence-electron chi connectivity index (χ0n) is 12.0. The molecule has 0 aromatic heterocycles. The molecule has 0 unspecified atom stereocenters. The summed E-state index contributed by atoms with van der Waals surface area (Å²) in [6, 6.07) is 5.39. The third-order valence-corrected chi connectivity index (χ3v) is 2.72. The lowest BCUT2D eigenvalue weighted by molar-refractivity contribution is 0.0806. The molecule has 0 atom stereocenters. The van der Waals surface area contributed by atoms with Gasteiger partial charge in [0.15, 0.2) is 5.84 Å². The van der Waals surface area contributed by atoms with Gasteiger partial charge in [-0.1, -0.05) is 5.16 Å². The van der Waals surface area contributed by atoms with E-state index in [0.717, 1.165) is 17.7 Å². The Morgan fingerprint density at radius 1 is 1.25 bits per heavy atom. The van der Waals surface area contributed by atoms with Crippen LogP contribution in [0.1, 0.15) is 17.5 Å². The molecule has 0 saturated heterocycles. The van der Waals surface area contributed by atoms with Crippen LogP contribution in [0.3, 0.4) is 0 Å². The molecular weight excluding hydrogens is 260 g/mol. The van der Waals surface area contributed by atoms with Crippen LogP contribution in [0.5, 0.6) is 5.75 Å². The van der Waals surface area contributed by atoms with E-state index < -0.39 is 0 Å². The number of rotatable bonds is 9. The lowest BCUT2D eigenvalue weighted by atomic mass is 10.1.